The molecule has 2 aromatic carbocycles. The standard InChI is InChI=1S/C29H44O3/c1-2-3-4-5-6-7-8-9-10-16-21-29(24-30,25-31)22-27-19-14-15-20-28(27)32-23-26-17-12-11-13-18-26/h11-15,17-20,30-31H,2-10,16,21-25H2,1H3. The minimum Gasteiger partial charge on any atom is -0.489 e. The SMILES string of the molecule is CCCCCCCCCCCCC(CO)(CO)Cc1ccccc1OCc1ccccc1. The molecule has 0 saturated carbocycles. The van der Waals surface area contributed by atoms with Gasteiger partial charge >= 0.3 is 0 Å². The Balaban J connectivity index is 1.80. The molecule has 0 aliphatic carbocycles. The summed E-state index contributed by atoms with van der Waals surface area (Å²) in [5, 5.41) is 20.4. The van der Waals surface area contributed by atoms with Gasteiger partial charge in [-0.1, -0.05) is 120 Å². The van der Waals surface area contributed by atoms with Crippen LogP contribution in [0.3, 0.4) is 0 Å². The summed E-state index contributed by atoms with van der Waals surface area (Å²) in [7, 11) is 0. The predicted molar refractivity (Wildman–Crippen MR) is 134 cm³/mol. The van der Waals surface area contributed by atoms with Gasteiger partial charge < -0.3 is 14.9 Å². The number of para-hydroxylation sites is 1. The molecule has 0 atom stereocenters. The summed E-state index contributed by atoms with van der Waals surface area (Å²) >= 11 is 0. The lowest BCUT2D eigenvalue weighted by Gasteiger charge is -2.30. The number of rotatable bonds is 18. The number of benzene rings is 2. The minimum absolute atomic E-state index is 0.00600. The first-order chi connectivity index (χ1) is 15.7. The van der Waals surface area contributed by atoms with Gasteiger partial charge in [-0.3, -0.25) is 0 Å². The van der Waals surface area contributed by atoms with E-state index in [1.165, 1.54) is 57.8 Å². The molecular formula is C29H44O3. The van der Waals surface area contributed by atoms with Crippen LogP contribution in [-0.2, 0) is 13.0 Å². The Morgan fingerprint density at radius 3 is 1.88 bits per heavy atom. The molecule has 2 aromatic rings. The fourth-order valence-electron chi connectivity index (χ4n) is 4.33. The third-order valence-electron chi connectivity index (χ3n) is 6.51. The molecule has 0 aliphatic heterocycles. The average molecular weight is 441 g/mol. The monoisotopic (exact) mass is 440 g/mol. The van der Waals surface area contributed by atoms with Gasteiger partial charge in [-0.25, -0.2) is 0 Å². The van der Waals surface area contributed by atoms with Gasteiger partial charge in [-0.15, -0.1) is 0 Å². The molecule has 3 heteroatoms. The van der Waals surface area contributed by atoms with E-state index in [2.05, 4.69) is 25.1 Å². The summed E-state index contributed by atoms with van der Waals surface area (Å²) in [5.41, 5.74) is 1.69. The van der Waals surface area contributed by atoms with Gasteiger partial charge in [0, 0.05) is 5.41 Å². The highest BCUT2D eigenvalue weighted by atomic mass is 16.5. The van der Waals surface area contributed by atoms with Crippen LogP contribution in [0.4, 0.5) is 0 Å². The molecule has 0 heterocycles. The molecule has 0 saturated heterocycles. The van der Waals surface area contributed by atoms with Crippen LogP contribution >= 0.6 is 0 Å². The topological polar surface area (TPSA) is 49.7 Å². The van der Waals surface area contributed by atoms with Crippen molar-refractivity contribution in [2.75, 3.05) is 13.2 Å². The van der Waals surface area contributed by atoms with E-state index in [0.717, 1.165) is 29.7 Å². The first kappa shape index (κ1) is 26.4. The molecule has 2 N–H and O–H groups in total. The van der Waals surface area contributed by atoms with Gasteiger partial charge in [0.15, 0.2) is 0 Å². The molecule has 0 amide bonds. The van der Waals surface area contributed by atoms with Gasteiger partial charge in [0.1, 0.15) is 12.4 Å². The summed E-state index contributed by atoms with van der Waals surface area (Å²) in [5.74, 6) is 0.839. The van der Waals surface area contributed by atoms with Crippen molar-refractivity contribution in [1.82, 2.24) is 0 Å². The van der Waals surface area contributed by atoms with E-state index >= 15 is 0 Å². The van der Waals surface area contributed by atoms with E-state index in [-0.39, 0.29) is 13.2 Å². The zero-order valence-corrected chi connectivity index (χ0v) is 20.1. The van der Waals surface area contributed by atoms with Crippen molar-refractivity contribution < 1.29 is 14.9 Å². The van der Waals surface area contributed by atoms with Crippen molar-refractivity contribution in [3.63, 3.8) is 0 Å². The van der Waals surface area contributed by atoms with Crippen molar-refractivity contribution in [1.29, 1.82) is 0 Å². The highest BCUT2D eigenvalue weighted by Gasteiger charge is 2.29. The number of aliphatic hydroxyl groups excluding tert-OH is 2. The molecular weight excluding hydrogens is 396 g/mol. The van der Waals surface area contributed by atoms with Crippen molar-refractivity contribution in [2.24, 2.45) is 5.41 Å². The number of hydrogen-bond donors (Lipinski definition) is 2. The molecule has 0 spiro atoms. The molecule has 32 heavy (non-hydrogen) atoms. The van der Waals surface area contributed by atoms with Gasteiger partial charge in [0.2, 0.25) is 0 Å². The Morgan fingerprint density at radius 2 is 1.25 bits per heavy atom. The largest absolute Gasteiger partial charge is 0.489 e. The van der Waals surface area contributed by atoms with Gasteiger partial charge in [-0.2, -0.15) is 0 Å². The summed E-state index contributed by atoms with van der Waals surface area (Å²) < 4.78 is 6.10. The highest BCUT2D eigenvalue weighted by molar-refractivity contribution is 5.34. The first-order valence-electron chi connectivity index (χ1n) is 12.7. The van der Waals surface area contributed by atoms with Gasteiger partial charge in [-0.05, 0) is 30.0 Å². The van der Waals surface area contributed by atoms with Crippen LogP contribution in [0.25, 0.3) is 0 Å². The molecule has 0 bridgehead atoms. The Kier molecular flexibility index (Phi) is 13.1. The lowest BCUT2D eigenvalue weighted by molar-refractivity contribution is 0.0443. The van der Waals surface area contributed by atoms with Crippen molar-refractivity contribution >= 4 is 0 Å². The van der Waals surface area contributed by atoms with E-state index in [0.29, 0.717) is 13.0 Å². The van der Waals surface area contributed by atoms with E-state index in [1.54, 1.807) is 0 Å². The maximum absolute atomic E-state index is 10.2. The Hall–Kier alpha value is -1.84. The lowest BCUT2D eigenvalue weighted by Crippen LogP contribution is -2.32. The second-order valence-electron chi connectivity index (χ2n) is 9.31. The predicted octanol–water partition coefficient (Wildman–Crippen LogP) is 7.09. The Morgan fingerprint density at radius 1 is 0.688 bits per heavy atom. The van der Waals surface area contributed by atoms with E-state index in [1.807, 2.05) is 36.4 Å². The number of hydrogen-bond acceptors (Lipinski definition) is 3. The summed E-state index contributed by atoms with van der Waals surface area (Å²) in [6.45, 7) is 2.76. The van der Waals surface area contributed by atoms with Crippen LogP contribution < -0.4 is 4.74 Å². The molecule has 0 unspecified atom stereocenters. The summed E-state index contributed by atoms with van der Waals surface area (Å²) in [6, 6.07) is 18.2. The van der Waals surface area contributed by atoms with Crippen molar-refractivity contribution in [3.05, 3.63) is 65.7 Å². The number of unbranched alkanes of at least 4 members (excludes halogenated alkanes) is 9. The van der Waals surface area contributed by atoms with E-state index < -0.39 is 5.41 Å². The van der Waals surface area contributed by atoms with Crippen LogP contribution in [0.2, 0.25) is 0 Å². The third kappa shape index (κ3) is 9.75. The maximum Gasteiger partial charge on any atom is 0.123 e. The summed E-state index contributed by atoms with van der Waals surface area (Å²) in [6.07, 6.45) is 14.3. The van der Waals surface area contributed by atoms with Crippen molar-refractivity contribution in [2.45, 2.75) is 90.6 Å². The number of ether oxygens (including phenoxy) is 1. The molecule has 178 valence electrons. The normalized spacial score (nSPS) is 11.6. The van der Waals surface area contributed by atoms with Crippen LogP contribution in [0, 0.1) is 5.41 Å². The highest BCUT2D eigenvalue weighted by Crippen LogP contribution is 2.33. The van der Waals surface area contributed by atoms with Gasteiger partial charge in [0.25, 0.3) is 0 Å². The lowest BCUT2D eigenvalue weighted by atomic mass is 9.78. The summed E-state index contributed by atoms with van der Waals surface area (Å²) in [4.78, 5) is 0. The van der Waals surface area contributed by atoms with E-state index in [9.17, 15) is 10.2 Å². The molecule has 3 nitrogen and oxygen atoms in total. The van der Waals surface area contributed by atoms with Crippen molar-refractivity contribution in [3.8, 4) is 5.75 Å². The van der Waals surface area contributed by atoms with Crippen LogP contribution in [0.1, 0.15) is 88.7 Å². The second kappa shape index (κ2) is 15.9. The quantitative estimate of drug-likeness (QED) is 0.243. The number of aliphatic hydroxyl groups is 2. The second-order valence-corrected chi connectivity index (χ2v) is 9.31. The fourth-order valence-corrected chi connectivity index (χ4v) is 4.33. The Labute approximate surface area is 195 Å². The molecule has 0 aliphatic rings. The maximum atomic E-state index is 10.2. The van der Waals surface area contributed by atoms with Crippen LogP contribution in [0.15, 0.2) is 54.6 Å². The molecule has 0 aromatic heterocycles. The third-order valence-corrected chi connectivity index (χ3v) is 6.51. The molecule has 0 radical (unpaired) electrons. The van der Waals surface area contributed by atoms with Crippen LogP contribution in [-0.4, -0.2) is 23.4 Å². The fraction of sp³-hybridized carbons (Fsp3) is 0.586. The zero-order valence-electron chi connectivity index (χ0n) is 20.1. The molecule has 2 rings (SSSR count). The smallest absolute Gasteiger partial charge is 0.123 e. The average Bonchev–Trinajstić information content (AvgIpc) is 2.84. The van der Waals surface area contributed by atoms with Gasteiger partial charge in [0.05, 0.1) is 13.2 Å². The molecule has 0 fully saturated rings. The van der Waals surface area contributed by atoms with Crippen LogP contribution in [0.5, 0.6) is 5.75 Å². The Bertz CT molecular complexity index is 709. The zero-order chi connectivity index (χ0) is 22.9. The van der Waals surface area contributed by atoms with E-state index in [4.69, 9.17) is 4.74 Å². The first-order valence-corrected chi connectivity index (χ1v) is 12.7. The minimum atomic E-state index is -0.494.